The first-order valence-electron chi connectivity index (χ1n) is 5.04. The number of carbonyl (C=O) groups excluding carboxylic acids is 1. The molecule has 1 aromatic carbocycles. The molecule has 2 rings (SSSR count). The lowest BCUT2D eigenvalue weighted by atomic mass is 9.93. The van der Waals surface area contributed by atoms with E-state index in [1.54, 1.807) is 0 Å². The average molecular weight is 206 g/mol. The maximum absolute atomic E-state index is 11.2. The molecule has 3 nitrogen and oxygen atoms in total. The molecule has 0 bridgehead atoms. The van der Waals surface area contributed by atoms with Gasteiger partial charge in [0.25, 0.3) is 0 Å². The number of hydrogen-bond donors (Lipinski definition) is 0. The van der Waals surface area contributed by atoms with Crippen LogP contribution in [-0.4, -0.2) is 25.8 Å². The highest BCUT2D eigenvalue weighted by atomic mass is 16.6. The van der Waals surface area contributed by atoms with Crippen molar-refractivity contribution in [3.8, 4) is 0 Å². The number of rotatable bonds is 4. The molecule has 80 valence electrons. The van der Waals surface area contributed by atoms with Gasteiger partial charge in [-0.2, -0.15) is 0 Å². The van der Waals surface area contributed by atoms with Crippen LogP contribution in [0.25, 0.3) is 0 Å². The van der Waals surface area contributed by atoms with Gasteiger partial charge < -0.3 is 9.47 Å². The minimum Gasteiger partial charge on any atom is -0.469 e. The lowest BCUT2D eigenvalue weighted by Crippen LogP contribution is -2.13. The van der Waals surface area contributed by atoms with Crippen LogP contribution in [0.15, 0.2) is 30.3 Å². The van der Waals surface area contributed by atoms with Crippen molar-refractivity contribution in [2.24, 2.45) is 0 Å². The molecular weight excluding hydrogens is 192 g/mol. The molecule has 1 heterocycles. The molecule has 2 atom stereocenters. The lowest BCUT2D eigenvalue weighted by molar-refractivity contribution is -0.141. The van der Waals surface area contributed by atoms with Crippen molar-refractivity contribution in [1.82, 2.24) is 0 Å². The Morgan fingerprint density at radius 1 is 1.53 bits per heavy atom. The van der Waals surface area contributed by atoms with E-state index in [-0.39, 0.29) is 18.0 Å². The van der Waals surface area contributed by atoms with Gasteiger partial charge in [0.2, 0.25) is 0 Å². The van der Waals surface area contributed by atoms with Crippen molar-refractivity contribution in [2.75, 3.05) is 13.7 Å². The van der Waals surface area contributed by atoms with E-state index in [4.69, 9.17) is 4.74 Å². The molecule has 15 heavy (non-hydrogen) atoms. The second kappa shape index (κ2) is 4.45. The fraction of sp³-hybridized carbons (Fsp3) is 0.417. The fourth-order valence-corrected chi connectivity index (χ4v) is 1.71. The maximum atomic E-state index is 11.2. The predicted molar refractivity (Wildman–Crippen MR) is 55.6 cm³/mol. The van der Waals surface area contributed by atoms with E-state index in [2.05, 4.69) is 4.74 Å². The van der Waals surface area contributed by atoms with Gasteiger partial charge in [-0.15, -0.1) is 0 Å². The van der Waals surface area contributed by atoms with Gasteiger partial charge in [-0.3, -0.25) is 4.79 Å². The zero-order valence-electron chi connectivity index (χ0n) is 8.68. The first-order chi connectivity index (χ1) is 7.31. The second-order valence-electron chi connectivity index (χ2n) is 3.67. The first kappa shape index (κ1) is 10.2. The van der Waals surface area contributed by atoms with Crippen molar-refractivity contribution >= 4 is 5.97 Å². The van der Waals surface area contributed by atoms with Gasteiger partial charge in [-0.25, -0.2) is 0 Å². The van der Waals surface area contributed by atoms with Crippen molar-refractivity contribution < 1.29 is 14.3 Å². The van der Waals surface area contributed by atoms with Crippen LogP contribution in [0.3, 0.4) is 0 Å². The molecule has 3 heteroatoms. The SMILES string of the molecule is COC(=O)C[C@@H](c1ccccc1)[C@@H]1CO1. The quantitative estimate of drug-likeness (QED) is 0.556. The topological polar surface area (TPSA) is 38.8 Å². The molecular formula is C12H14O3. The summed E-state index contributed by atoms with van der Waals surface area (Å²) in [6.07, 6.45) is 0.581. The highest BCUT2D eigenvalue weighted by molar-refractivity contribution is 5.70. The Morgan fingerprint density at radius 2 is 2.20 bits per heavy atom. The van der Waals surface area contributed by atoms with Crippen molar-refractivity contribution in [1.29, 1.82) is 0 Å². The summed E-state index contributed by atoms with van der Waals surface area (Å²) in [5, 5.41) is 0. The van der Waals surface area contributed by atoms with E-state index in [1.165, 1.54) is 7.11 Å². The standard InChI is InChI=1S/C12H14O3/c1-14-12(13)7-10(11-8-15-11)9-5-3-2-4-6-9/h2-6,10-11H,7-8H2,1H3/t10-,11-/m0/s1. The molecule has 0 saturated carbocycles. The predicted octanol–water partition coefficient (Wildman–Crippen LogP) is 1.73. The number of carbonyl (C=O) groups is 1. The smallest absolute Gasteiger partial charge is 0.306 e. The van der Waals surface area contributed by atoms with Crippen LogP contribution >= 0.6 is 0 Å². The van der Waals surface area contributed by atoms with Crippen molar-refractivity contribution in [3.63, 3.8) is 0 Å². The summed E-state index contributed by atoms with van der Waals surface area (Å²) in [7, 11) is 1.41. The molecule has 1 saturated heterocycles. The monoisotopic (exact) mass is 206 g/mol. The highest BCUT2D eigenvalue weighted by Gasteiger charge is 2.35. The molecule has 0 N–H and O–H groups in total. The summed E-state index contributed by atoms with van der Waals surface area (Å²) < 4.78 is 9.95. The van der Waals surface area contributed by atoms with Crippen LogP contribution in [0.4, 0.5) is 0 Å². The zero-order chi connectivity index (χ0) is 10.7. The molecule has 1 aliphatic heterocycles. The van der Waals surface area contributed by atoms with Gasteiger partial charge in [0.1, 0.15) is 0 Å². The molecule has 1 aromatic rings. The summed E-state index contributed by atoms with van der Waals surface area (Å²) in [6.45, 7) is 0.747. The molecule has 0 unspecified atom stereocenters. The van der Waals surface area contributed by atoms with Gasteiger partial charge >= 0.3 is 5.97 Å². The van der Waals surface area contributed by atoms with Crippen LogP contribution < -0.4 is 0 Å². The summed E-state index contributed by atoms with van der Waals surface area (Å²) in [5.74, 6) is -0.0435. The van der Waals surface area contributed by atoms with E-state index in [0.29, 0.717) is 6.42 Å². The Morgan fingerprint density at radius 3 is 2.73 bits per heavy atom. The Labute approximate surface area is 89.0 Å². The summed E-state index contributed by atoms with van der Waals surface area (Å²) in [6, 6.07) is 9.96. The number of ether oxygens (including phenoxy) is 2. The van der Waals surface area contributed by atoms with Crippen LogP contribution in [0.5, 0.6) is 0 Å². The summed E-state index contributed by atoms with van der Waals surface area (Å²) >= 11 is 0. The van der Waals surface area contributed by atoms with Crippen LogP contribution in [-0.2, 0) is 14.3 Å². The van der Waals surface area contributed by atoms with Crippen LogP contribution in [0.1, 0.15) is 17.9 Å². The van der Waals surface area contributed by atoms with Gasteiger partial charge in [-0.1, -0.05) is 30.3 Å². The van der Waals surface area contributed by atoms with Gasteiger partial charge in [0, 0.05) is 5.92 Å². The minimum atomic E-state index is -0.181. The average Bonchev–Trinajstić information content (AvgIpc) is 3.10. The Hall–Kier alpha value is -1.35. The number of methoxy groups -OCH3 is 1. The Balaban J connectivity index is 2.10. The van der Waals surface area contributed by atoms with E-state index in [9.17, 15) is 4.79 Å². The lowest BCUT2D eigenvalue weighted by Gasteiger charge is -2.13. The third-order valence-electron chi connectivity index (χ3n) is 2.65. The molecule has 0 radical (unpaired) electrons. The third kappa shape index (κ3) is 2.57. The largest absolute Gasteiger partial charge is 0.469 e. The Kier molecular flexibility index (Phi) is 3.02. The first-order valence-corrected chi connectivity index (χ1v) is 5.04. The molecule has 0 amide bonds. The molecule has 1 aliphatic rings. The number of esters is 1. The second-order valence-corrected chi connectivity index (χ2v) is 3.67. The molecule has 0 aliphatic carbocycles. The van der Waals surface area contributed by atoms with Crippen LogP contribution in [0.2, 0.25) is 0 Å². The number of hydrogen-bond acceptors (Lipinski definition) is 3. The van der Waals surface area contributed by atoms with E-state index >= 15 is 0 Å². The number of epoxide rings is 1. The maximum Gasteiger partial charge on any atom is 0.306 e. The van der Waals surface area contributed by atoms with Gasteiger partial charge in [0.15, 0.2) is 0 Å². The molecule has 0 aromatic heterocycles. The van der Waals surface area contributed by atoms with Crippen molar-refractivity contribution in [2.45, 2.75) is 18.4 Å². The van der Waals surface area contributed by atoms with Gasteiger partial charge in [-0.05, 0) is 5.56 Å². The Bertz CT molecular complexity index is 330. The number of benzene rings is 1. The molecule has 1 fully saturated rings. The third-order valence-corrected chi connectivity index (χ3v) is 2.65. The van der Waals surface area contributed by atoms with E-state index < -0.39 is 0 Å². The van der Waals surface area contributed by atoms with E-state index in [0.717, 1.165) is 12.2 Å². The fourth-order valence-electron chi connectivity index (χ4n) is 1.71. The van der Waals surface area contributed by atoms with Crippen LogP contribution in [0, 0.1) is 0 Å². The van der Waals surface area contributed by atoms with Gasteiger partial charge in [0.05, 0.1) is 26.2 Å². The highest BCUT2D eigenvalue weighted by Crippen LogP contribution is 2.32. The van der Waals surface area contributed by atoms with Crippen molar-refractivity contribution in [3.05, 3.63) is 35.9 Å². The normalized spacial score (nSPS) is 20.7. The zero-order valence-corrected chi connectivity index (χ0v) is 8.68. The van der Waals surface area contributed by atoms with E-state index in [1.807, 2.05) is 30.3 Å². The summed E-state index contributed by atoms with van der Waals surface area (Å²) in [5.41, 5.74) is 1.14. The minimum absolute atomic E-state index is 0.138. The summed E-state index contributed by atoms with van der Waals surface area (Å²) in [4.78, 5) is 11.2. The molecule has 0 spiro atoms.